The summed E-state index contributed by atoms with van der Waals surface area (Å²) in [6, 6.07) is 7.54. The molecule has 0 atom stereocenters. The Morgan fingerprint density at radius 2 is 1.76 bits per heavy atom. The van der Waals surface area contributed by atoms with Gasteiger partial charge in [0.2, 0.25) is 5.91 Å². The lowest BCUT2D eigenvalue weighted by Crippen LogP contribution is -2.38. The van der Waals surface area contributed by atoms with Gasteiger partial charge in [-0.1, -0.05) is 44.2 Å². The van der Waals surface area contributed by atoms with Crippen molar-refractivity contribution in [1.29, 1.82) is 0 Å². The van der Waals surface area contributed by atoms with Gasteiger partial charge in [-0.2, -0.15) is 0 Å². The van der Waals surface area contributed by atoms with Gasteiger partial charge in [0.15, 0.2) is 5.95 Å². The van der Waals surface area contributed by atoms with E-state index in [1.807, 2.05) is 24.3 Å². The van der Waals surface area contributed by atoms with Crippen LogP contribution in [-0.2, 0) is 9.53 Å². The van der Waals surface area contributed by atoms with Crippen LogP contribution in [0, 0.1) is 5.92 Å². The molecule has 1 aliphatic rings. The predicted octanol–water partition coefficient (Wildman–Crippen LogP) is 4.24. The van der Waals surface area contributed by atoms with Gasteiger partial charge in [-0.25, -0.2) is 9.78 Å². The SMILES string of the molecule is CC(C)(C)OC(=O)N[B]n1c(NC(=O)C2CCCCCCC2)nc2ccccc21. The molecule has 2 aromatic rings. The first-order valence-corrected chi connectivity index (χ1v) is 10.4. The fraction of sp³-hybridized carbons (Fsp3) is 0.571. The highest BCUT2D eigenvalue weighted by atomic mass is 16.6. The molecule has 29 heavy (non-hydrogen) atoms. The first kappa shape index (κ1) is 21.2. The normalized spacial score (nSPS) is 16.0. The molecule has 0 unspecified atom stereocenters. The molecule has 1 fully saturated rings. The molecule has 1 aliphatic carbocycles. The van der Waals surface area contributed by atoms with E-state index in [1.54, 1.807) is 25.2 Å². The van der Waals surface area contributed by atoms with Gasteiger partial charge >= 0.3 is 13.6 Å². The van der Waals surface area contributed by atoms with Gasteiger partial charge < -0.3 is 14.4 Å². The fourth-order valence-corrected chi connectivity index (χ4v) is 3.62. The second-order valence-corrected chi connectivity index (χ2v) is 8.60. The average Bonchev–Trinajstić information content (AvgIpc) is 2.95. The van der Waals surface area contributed by atoms with Crippen LogP contribution in [0.2, 0.25) is 0 Å². The van der Waals surface area contributed by atoms with E-state index in [4.69, 9.17) is 4.74 Å². The Morgan fingerprint density at radius 3 is 2.45 bits per heavy atom. The van der Waals surface area contributed by atoms with Crippen molar-refractivity contribution in [2.75, 3.05) is 5.32 Å². The Bertz CT molecular complexity index is 851. The fourth-order valence-electron chi connectivity index (χ4n) is 3.62. The van der Waals surface area contributed by atoms with Gasteiger partial charge in [0.05, 0.1) is 11.0 Å². The Morgan fingerprint density at radius 1 is 1.10 bits per heavy atom. The Labute approximate surface area is 172 Å². The Balaban J connectivity index is 1.75. The van der Waals surface area contributed by atoms with Gasteiger partial charge in [0, 0.05) is 5.92 Å². The lowest BCUT2D eigenvalue weighted by Gasteiger charge is -2.20. The van der Waals surface area contributed by atoms with Crippen molar-refractivity contribution in [3.8, 4) is 0 Å². The van der Waals surface area contributed by atoms with Crippen LogP contribution in [0.25, 0.3) is 11.0 Å². The summed E-state index contributed by atoms with van der Waals surface area (Å²) in [4.78, 5) is 29.5. The van der Waals surface area contributed by atoms with E-state index in [-0.39, 0.29) is 11.8 Å². The number of para-hydroxylation sites is 2. The molecule has 7 nitrogen and oxygen atoms in total. The van der Waals surface area contributed by atoms with Crippen molar-refractivity contribution in [2.45, 2.75) is 71.3 Å². The van der Waals surface area contributed by atoms with Crippen LogP contribution in [0.3, 0.4) is 0 Å². The summed E-state index contributed by atoms with van der Waals surface area (Å²) in [7, 11) is 1.48. The lowest BCUT2D eigenvalue weighted by molar-refractivity contribution is -0.120. The maximum absolute atomic E-state index is 12.9. The minimum absolute atomic E-state index is 0.00220. The molecule has 0 aliphatic heterocycles. The van der Waals surface area contributed by atoms with Crippen molar-refractivity contribution in [1.82, 2.24) is 14.7 Å². The molecule has 3 rings (SSSR count). The number of aromatic nitrogens is 2. The molecule has 2 amide bonds. The van der Waals surface area contributed by atoms with Crippen molar-refractivity contribution in [3.05, 3.63) is 24.3 Å². The molecule has 0 saturated heterocycles. The molecule has 1 radical (unpaired) electrons. The number of ether oxygens (including phenoxy) is 1. The number of benzene rings is 1. The van der Waals surface area contributed by atoms with E-state index in [9.17, 15) is 9.59 Å². The van der Waals surface area contributed by atoms with Crippen LogP contribution in [0.5, 0.6) is 0 Å². The summed E-state index contributed by atoms with van der Waals surface area (Å²) >= 11 is 0. The summed E-state index contributed by atoms with van der Waals surface area (Å²) in [5.41, 5.74) is 0.934. The number of nitrogens with zero attached hydrogens (tertiary/aromatic N) is 2. The highest BCUT2D eigenvalue weighted by Crippen LogP contribution is 2.24. The van der Waals surface area contributed by atoms with E-state index in [0.717, 1.165) is 36.7 Å². The van der Waals surface area contributed by atoms with Crippen LogP contribution in [0.15, 0.2) is 24.3 Å². The number of rotatable bonds is 4. The molecule has 1 aromatic heterocycles. The summed E-state index contributed by atoms with van der Waals surface area (Å²) in [6.07, 6.45) is 7.06. The van der Waals surface area contributed by atoms with E-state index in [2.05, 4.69) is 15.5 Å². The van der Waals surface area contributed by atoms with Crippen LogP contribution in [0.4, 0.5) is 10.7 Å². The van der Waals surface area contributed by atoms with Gasteiger partial charge in [-0.3, -0.25) is 10.1 Å². The molecule has 8 heteroatoms. The molecule has 2 N–H and O–H groups in total. The van der Waals surface area contributed by atoms with Gasteiger partial charge in [-0.05, 0) is 45.7 Å². The van der Waals surface area contributed by atoms with E-state index in [0.29, 0.717) is 5.95 Å². The lowest BCUT2D eigenvalue weighted by atomic mass is 9.90. The van der Waals surface area contributed by atoms with Crippen LogP contribution in [-0.4, -0.2) is 34.6 Å². The van der Waals surface area contributed by atoms with Crippen LogP contribution >= 0.6 is 0 Å². The number of amides is 2. The van der Waals surface area contributed by atoms with Gasteiger partial charge in [0.25, 0.3) is 0 Å². The van der Waals surface area contributed by atoms with Crippen molar-refractivity contribution in [3.63, 3.8) is 0 Å². The van der Waals surface area contributed by atoms with E-state index < -0.39 is 11.7 Å². The van der Waals surface area contributed by atoms with Crippen LogP contribution < -0.4 is 10.5 Å². The zero-order chi connectivity index (χ0) is 20.9. The standard InChI is InChI=1S/C21H30BN4O3/c1-21(2,3)29-20(28)25-22-26-17-14-10-9-13-16(17)23-19(26)24-18(27)15-11-7-5-4-6-8-12-15/h9-10,13-15H,4-8,11-12H2,1-3H3,(H,25,28)(H,23,24,27). The highest BCUT2D eigenvalue weighted by molar-refractivity contribution is 6.37. The molecule has 1 heterocycles. The largest absolute Gasteiger partial charge is 0.445 e. The molecule has 0 spiro atoms. The zero-order valence-electron chi connectivity index (χ0n) is 17.5. The number of hydrogen-bond donors (Lipinski definition) is 2. The zero-order valence-corrected chi connectivity index (χ0v) is 17.5. The maximum Gasteiger partial charge on any atom is 0.401 e. The van der Waals surface area contributed by atoms with E-state index >= 15 is 0 Å². The monoisotopic (exact) mass is 397 g/mol. The number of anilines is 1. The Kier molecular flexibility index (Phi) is 6.82. The van der Waals surface area contributed by atoms with Crippen molar-refractivity contribution >= 4 is 36.5 Å². The molecule has 155 valence electrons. The molecule has 1 aromatic carbocycles. The van der Waals surface area contributed by atoms with Crippen molar-refractivity contribution in [2.24, 2.45) is 5.92 Å². The first-order chi connectivity index (χ1) is 13.8. The molecule has 0 bridgehead atoms. The summed E-state index contributed by atoms with van der Waals surface area (Å²) in [5.74, 6) is 0.394. The molecular weight excluding hydrogens is 367 g/mol. The van der Waals surface area contributed by atoms with Gasteiger partial charge in [0.1, 0.15) is 5.60 Å². The maximum atomic E-state index is 12.9. The topological polar surface area (TPSA) is 85.2 Å². The number of fused-ring (bicyclic) bond motifs is 1. The quantitative estimate of drug-likeness (QED) is 0.756. The number of nitrogens with one attached hydrogen (secondary N) is 2. The average molecular weight is 397 g/mol. The van der Waals surface area contributed by atoms with Crippen LogP contribution in [0.1, 0.15) is 65.7 Å². The third-order valence-corrected chi connectivity index (χ3v) is 5.02. The number of carbonyl (C=O) groups excluding carboxylic acids is 2. The molecular formula is C21H30BN4O3. The number of carbonyl (C=O) groups is 2. The second kappa shape index (κ2) is 9.33. The highest BCUT2D eigenvalue weighted by Gasteiger charge is 2.23. The summed E-state index contributed by atoms with van der Waals surface area (Å²) in [5, 5.41) is 5.61. The second-order valence-electron chi connectivity index (χ2n) is 8.60. The first-order valence-electron chi connectivity index (χ1n) is 10.4. The third-order valence-electron chi connectivity index (χ3n) is 5.02. The molecule has 1 saturated carbocycles. The summed E-state index contributed by atoms with van der Waals surface area (Å²) in [6.45, 7) is 5.42. The minimum atomic E-state index is -0.593. The van der Waals surface area contributed by atoms with E-state index in [1.165, 1.54) is 26.8 Å². The predicted molar refractivity (Wildman–Crippen MR) is 115 cm³/mol. The smallest absolute Gasteiger partial charge is 0.401 e. The minimum Gasteiger partial charge on any atom is -0.445 e. The summed E-state index contributed by atoms with van der Waals surface area (Å²) < 4.78 is 6.97. The van der Waals surface area contributed by atoms with Gasteiger partial charge in [-0.15, -0.1) is 0 Å². The van der Waals surface area contributed by atoms with Crippen molar-refractivity contribution < 1.29 is 14.3 Å². The third kappa shape index (κ3) is 5.98. The Hall–Kier alpha value is -2.51. The number of imidazole rings is 1. The number of hydrogen-bond acceptors (Lipinski definition) is 4.